The summed E-state index contributed by atoms with van der Waals surface area (Å²) in [7, 11) is -2.16. The maximum atomic E-state index is 11.1. The van der Waals surface area contributed by atoms with Gasteiger partial charge < -0.3 is 4.74 Å². The molecule has 1 atom stereocenters. The molecule has 76 valence electrons. The first-order valence-corrected chi connectivity index (χ1v) is 6.09. The molecule has 0 radical (unpaired) electrons. The molecule has 0 aromatic carbocycles. The molecule has 2 rings (SSSR count). The van der Waals surface area contributed by atoms with Crippen LogP contribution in [-0.4, -0.2) is 33.0 Å². The molecule has 13 heavy (non-hydrogen) atoms. The SMILES string of the molecule is COS(=O)(=O)C[C@H]1CCC2(CC2)O1. The van der Waals surface area contributed by atoms with Gasteiger partial charge in [0.15, 0.2) is 0 Å². The Morgan fingerprint density at radius 2 is 2.15 bits per heavy atom. The molecule has 0 aromatic rings. The lowest BCUT2D eigenvalue weighted by atomic mass is 10.2. The van der Waals surface area contributed by atoms with Crippen LogP contribution < -0.4 is 0 Å². The van der Waals surface area contributed by atoms with Gasteiger partial charge in [-0.05, 0) is 25.7 Å². The van der Waals surface area contributed by atoms with E-state index in [9.17, 15) is 8.42 Å². The molecule has 1 spiro atoms. The summed E-state index contributed by atoms with van der Waals surface area (Å²) in [6.07, 6.45) is 3.90. The highest BCUT2D eigenvalue weighted by molar-refractivity contribution is 7.86. The molecule has 5 heteroatoms. The number of rotatable bonds is 3. The predicted octanol–water partition coefficient (Wildman–Crippen LogP) is 0.674. The quantitative estimate of drug-likeness (QED) is 0.637. The maximum Gasteiger partial charge on any atom is 0.269 e. The van der Waals surface area contributed by atoms with E-state index in [0.717, 1.165) is 25.7 Å². The lowest BCUT2D eigenvalue weighted by Crippen LogP contribution is -2.22. The van der Waals surface area contributed by atoms with Crippen LogP contribution in [-0.2, 0) is 19.0 Å². The van der Waals surface area contributed by atoms with E-state index in [-0.39, 0.29) is 17.5 Å². The van der Waals surface area contributed by atoms with E-state index in [2.05, 4.69) is 4.18 Å². The highest BCUT2D eigenvalue weighted by Crippen LogP contribution is 2.49. The lowest BCUT2D eigenvalue weighted by molar-refractivity contribution is 0.0391. The van der Waals surface area contributed by atoms with Gasteiger partial charge in [0.25, 0.3) is 10.1 Å². The van der Waals surface area contributed by atoms with Crippen LogP contribution in [0.2, 0.25) is 0 Å². The molecule has 1 heterocycles. The van der Waals surface area contributed by atoms with Crippen LogP contribution in [0.4, 0.5) is 0 Å². The zero-order chi connectivity index (χ0) is 9.53. The summed E-state index contributed by atoms with van der Waals surface area (Å²) >= 11 is 0. The number of hydrogen-bond donors (Lipinski definition) is 0. The topological polar surface area (TPSA) is 52.6 Å². The van der Waals surface area contributed by atoms with Gasteiger partial charge in [-0.3, -0.25) is 4.18 Å². The molecule has 0 aromatic heterocycles. The highest BCUT2D eigenvalue weighted by Gasteiger charge is 2.50. The van der Waals surface area contributed by atoms with Crippen LogP contribution in [0, 0.1) is 0 Å². The smallest absolute Gasteiger partial charge is 0.269 e. The minimum absolute atomic E-state index is 0.00521. The molecule has 2 fully saturated rings. The molecule has 0 amide bonds. The molecule has 0 bridgehead atoms. The summed E-state index contributed by atoms with van der Waals surface area (Å²) in [4.78, 5) is 0. The molecule has 1 saturated carbocycles. The van der Waals surface area contributed by atoms with E-state index < -0.39 is 10.1 Å². The Bertz CT molecular complexity index is 291. The summed E-state index contributed by atoms with van der Waals surface area (Å²) in [5.74, 6) is 0.00521. The van der Waals surface area contributed by atoms with Crippen molar-refractivity contribution in [2.45, 2.75) is 37.4 Å². The second kappa shape index (κ2) is 2.93. The van der Waals surface area contributed by atoms with Gasteiger partial charge in [-0.15, -0.1) is 0 Å². The zero-order valence-electron chi connectivity index (χ0n) is 7.65. The fraction of sp³-hybridized carbons (Fsp3) is 1.00. The van der Waals surface area contributed by atoms with Gasteiger partial charge in [0.05, 0.1) is 18.8 Å². The third kappa shape index (κ3) is 2.03. The third-order valence-electron chi connectivity index (χ3n) is 2.79. The van der Waals surface area contributed by atoms with E-state index in [0.29, 0.717) is 0 Å². The first kappa shape index (κ1) is 9.43. The average molecular weight is 206 g/mol. The second-order valence-electron chi connectivity index (χ2n) is 3.85. The molecule has 1 aliphatic heterocycles. The monoisotopic (exact) mass is 206 g/mol. The van der Waals surface area contributed by atoms with Crippen molar-refractivity contribution >= 4 is 10.1 Å². The van der Waals surface area contributed by atoms with Gasteiger partial charge in [-0.1, -0.05) is 0 Å². The minimum Gasteiger partial charge on any atom is -0.371 e. The van der Waals surface area contributed by atoms with Crippen LogP contribution >= 0.6 is 0 Å². The largest absolute Gasteiger partial charge is 0.371 e. The Labute approximate surface area is 78.3 Å². The van der Waals surface area contributed by atoms with Crippen LogP contribution in [0.5, 0.6) is 0 Å². The molecule has 1 saturated heterocycles. The summed E-state index contributed by atoms with van der Waals surface area (Å²) < 4.78 is 32.2. The van der Waals surface area contributed by atoms with Crippen molar-refractivity contribution in [1.82, 2.24) is 0 Å². The molecule has 1 aliphatic carbocycles. The standard InChI is InChI=1S/C8H14O4S/c1-11-13(9,10)6-7-2-3-8(12-7)4-5-8/h7H,2-6H2,1H3/t7-/m1/s1. The van der Waals surface area contributed by atoms with Gasteiger partial charge >= 0.3 is 0 Å². The van der Waals surface area contributed by atoms with Gasteiger partial charge in [-0.2, -0.15) is 8.42 Å². The summed E-state index contributed by atoms with van der Waals surface area (Å²) in [5, 5.41) is 0. The summed E-state index contributed by atoms with van der Waals surface area (Å²) in [6.45, 7) is 0. The van der Waals surface area contributed by atoms with E-state index in [1.54, 1.807) is 0 Å². The van der Waals surface area contributed by atoms with Crippen molar-refractivity contribution in [2.75, 3.05) is 12.9 Å². The van der Waals surface area contributed by atoms with Crippen molar-refractivity contribution in [3.05, 3.63) is 0 Å². The molecule has 4 nitrogen and oxygen atoms in total. The third-order valence-corrected chi connectivity index (χ3v) is 4.08. The van der Waals surface area contributed by atoms with Gasteiger partial charge in [0, 0.05) is 0 Å². The van der Waals surface area contributed by atoms with Crippen molar-refractivity contribution in [3.8, 4) is 0 Å². The normalized spacial score (nSPS) is 31.0. The van der Waals surface area contributed by atoms with Gasteiger partial charge in [0.2, 0.25) is 0 Å². The van der Waals surface area contributed by atoms with Gasteiger partial charge in [0.1, 0.15) is 5.75 Å². The summed E-state index contributed by atoms with van der Waals surface area (Å²) in [5.41, 5.74) is 0.0634. The Balaban J connectivity index is 1.90. The van der Waals surface area contributed by atoms with Crippen molar-refractivity contribution < 1.29 is 17.3 Å². The molecule has 0 N–H and O–H groups in total. The highest BCUT2D eigenvalue weighted by atomic mass is 32.2. The van der Waals surface area contributed by atoms with Crippen LogP contribution in [0.15, 0.2) is 0 Å². The molecule has 2 aliphatic rings. The fourth-order valence-corrected chi connectivity index (χ4v) is 2.64. The first-order valence-electron chi connectivity index (χ1n) is 4.51. The average Bonchev–Trinajstić information content (AvgIpc) is 2.69. The van der Waals surface area contributed by atoms with Gasteiger partial charge in [-0.25, -0.2) is 0 Å². The maximum absolute atomic E-state index is 11.1. The minimum atomic E-state index is -3.35. The molecular formula is C8H14O4S. The summed E-state index contributed by atoms with van der Waals surface area (Å²) in [6, 6.07) is 0. The van der Waals surface area contributed by atoms with Crippen molar-refractivity contribution in [1.29, 1.82) is 0 Å². The van der Waals surface area contributed by atoms with E-state index >= 15 is 0 Å². The Hall–Kier alpha value is -0.130. The van der Waals surface area contributed by atoms with Crippen LogP contribution in [0.25, 0.3) is 0 Å². The predicted molar refractivity (Wildman–Crippen MR) is 46.9 cm³/mol. The first-order chi connectivity index (χ1) is 6.05. The van der Waals surface area contributed by atoms with E-state index in [4.69, 9.17) is 4.74 Å². The second-order valence-corrected chi connectivity index (χ2v) is 5.63. The molecule has 0 unspecified atom stereocenters. The van der Waals surface area contributed by atoms with Crippen molar-refractivity contribution in [2.24, 2.45) is 0 Å². The molecular weight excluding hydrogens is 192 g/mol. The van der Waals surface area contributed by atoms with E-state index in [1.807, 2.05) is 0 Å². The number of ether oxygens (including phenoxy) is 1. The number of hydrogen-bond acceptors (Lipinski definition) is 4. The van der Waals surface area contributed by atoms with Crippen LogP contribution in [0.3, 0.4) is 0 Å². The zero-order valence-corrected chi connectivity index (χ0v) is 8.47. The van der Waals surface area contributed by atoms with E-state index in [1.165, 1.54) is 7.11 Å². The lowest BCUT2D eigenvalue weighted by Gasteiger charge is -2.11. The van der Waals surface area contributed by atoms with Crippen molar-refractivity contribution in [3.63, 3.8) is 0 Å². The Kier molecular flexibility index (Phi) is 2.13. The Morgan fingerprint density at radius 3 is 2.62 bits per heavy atom. The van der Waals surface area contributed by atoms with Crippen LogP contribution in [0.1, 0.15) is 25.7 Å². The Morgan fingerprint density at radius 1 is 1.46 bits per heavy atom. The fourth-order valence-electron chi connectivity index (χ4n) is 1.82.